The average molecular weight is 107 g/mol. The van der Waals surface area contributed by atoms with Crippen molar-refractivity contribution >= 4 is 6.20 Å². The van der Waals surface area contributed by atoms with Crippen LogP contribution in [0.3, 0.4) is 0 Å². The second-order valence-corrected chi connectivity index (χ2v) is 1.71. The van der Waals surface area contributed by atoms with Gasteiger partial charge >= 0.3 is 0 Å². The maximum atomic E-state index is 3.99. The van der Waals surface area contributed by atoms with Crippen LogP contribution in [0.25, 0.3) is 6.20 Å². The van der Waals surface area contributed by atoms with Gasteiger partial charge in [-0.15, -0.1) is 0 Å². The molecule has 1 aliphatic heterocycles. The zero-order valence-corrected chi connectivity index (χ0v) is 4.28. The third-order valence-electron chi connectivity index (χ3n) is 1.19. The lowest BCUT2D eigenvalue weighted by molar-refractivity contribution is 0.898. The molecule has 0 saturated heterocycles. The highest BCUT2D eigenvalue weighted by atomic mass is 15.3. The standard InChI is InChI=1S/C5H5N3/c1-2-5-6-4-7-8(5)3-1/h1,3-4H,2H2. The highest BCUT2D eigenvalue weighted by Gasteiger charge is 2.02. The Morgan fingerprint density at radius 1 is 1.62 bits per heavy atom. The fourth-order valence-electron chi connectivity index (χ4n) is 0.803. The summed E-state index contributed by atoms with van der Waals surface area (Å²) >= 11 is 0. The molecular formula is C5H5N3. The normalized spacial score (nSPS) is 14.5. The molecule has 1 aromatic rings. The van der Waals surface area contributed by atoms with E-state index in [1.807, 2.05) is 12.3 Å². The van der Waals surface area contributed by atoms with Crippen LogP contribution in [0.15, 0.2) is 12.4 Å². The maximum Gasteiger partial charge on any atom is 0.138 e. The number of rotatable bonds is 0. The van der Waals surface area contributed by atoms with Crippen LogP contribution in [0.5, 0.6) is 0 Å². The van der Waals surface area contributed by atoms with Gasteiger partial charge in [-0.3, -0.25) is 0 Å². The van der Waals surface area contributed by atoms with E-state index in [2.05, 4.69) is 10.1 Å². The lowest BCUT2D eigenvalue weighted by atomic mass is 10.4. The lowest BCUT2D eigenvalue weighted by Gasteiger charge is -1.83. The van der Waals surface area contributed by atoms with Gasteiger partial charge in [-0.05, 0) is 0 Å². The van der Waals surface area contributed by atoms with Gasteiger partial charge in [-0.25, -0.2) is 9.67 Å². The molecule has 0 fully saturated rings. The molecule has 2 heterocycles. The van der Waals surface area contributed by atoms with Crippen LogP contribution in [0.2, 0.25) is 0 Å². The van der Waals surface area contributed by atoms with Gasteiger partial charge in [-0.1, -0.05) is 6.08 Å². The molecule has 0 saturated carbocycles. The molecule has 1 aliphatic rings. The first kappa shape index (κ1) is 3.83. The van der Waals surface area contributed by atoms with E-state index in [-0.39, 0.29) is 0 Å². The Bertz CT molecular complexity index is 223. The van der Waals surface area contributed by atoms with Crippen molar-refractivity contribution in [3.8, 4) is 0 Å². The summed E-state index contributed by atoms with van der Waals surface area (Å²) < 4.78 is 1.78. The van der Waals surface area contributed by atoms with Crippen LogP contribution in [-0.2, 0) is 6.42 Å². The van der Waals surface area contributed by atoms with Crippen molar-refractivity contribution in [3.63, 3.8) is 0 Å². The summed E-state index contributed by atoms with van der Waals surface area (Å²) in [4.78, 5) is 3.99. The second kappa shape index (κ2) is 1.18. The molecule has 3 heteroatoms. The third kappa shape index (κ3) is 0.332. The number of allylic oxidation sites excluding steroid dienone is 1. The van der Waals surface area contributed by atoms with Crippen molar-refractivity contribution in [2.24, 2.45) is 0 Å². The first-order valence-electron chi connectivity index (χ1n) is 2.52. The van der Waals surface area contributed by atoms with E-state index < -0.39 is 0 Å². The Kier molecular flexibility index (Phi) is 0.566. The van der Waals surface area contributed by atoms with Crippen LogP contribution < -0.4 is 0 Å². The van der Waals surface area contributed by atoms with E-state index in [0.29, 0.717) is 0 Å². The van der Waals surface area contributed by atoms with E-state index in [0.717, 1.165) is 12.2 Å². The Balaban J connectivity index is 2.67. The van der Waals surface area contributed by atoms with Gasteiger partial charge < -0.3 is 0 Å². The molecular weight excluding hydrogens is 102 g/mol. The van der Waals surface area contributed by atoms with Gasteiger partial charge in [0.25, 0.3) is 0 Å². The third-order valence-corrected chi connectivity index (χ3v) is 1.19. The van der Waals surface area contributed by atoms with Gasteiger partial charge in [-0.2, -0.15) is 5.10 Å². The molecule has 0 atom stereocenters. The Labute approximate surface area is 46.7 Å². The summed E-state index contributed by atoms with van der Waals surface area (Å²) in [6, 6.07) is 0. The Morgan fingerprint density at radius 3 is 3.50 bits per heavy atom. The molecule has 3 nitrogen and oxygen atoms in total. The number of hydrogen-bond donors (Lipinski definition) is 0. The van der Waals surface area contributed by atoms with Crippen LogP contribution in [-0.4, -0.2) is 14.8 Å². The lowest BCUT2D eigenvalue weighted by Crippen LogP contribution is -1.88. The summed E-state index contributed by atoms with van der Waals surface area (Å²) in [6.45, 7) is 0. The van der Waals surface area contributed by atoms with E-state index >= 15 is 0 Å². The summed E-state index contributed by atoms with van der Waals surface area (Å²) in [5, 5.41) is 3.92. The fourth-order valence-corrected chi connectivity index (χ4v) is 0.803. The van der Waals surface area contributed by atoms with Crippen LogP contribution in [0.1, 0.15) is 5.82 Å². The molecule has 0 aromatic carbocycles. The largest absolute Gasteiger partial charge is 0.225 e. The molecule has 8 heavy (non-hydrogen) atoms. The van der Waals surface area contributed by atoms with Gasteiger partial charge in [0.2, 0.25) is 0 Å². The molecule has 1 aromatic heterocycles. The molecule has 0 unspecified atom stereocenters. The summed E-state index contributed by atoms with van der Waals surface area (Å²) in [6.07, 6.45) is 6.45. The predicted octanol–water partition coefficient (Wildman–Crippen LogP) is 0.305. The van der Waals surface area contributed by atoms with E-state index in [1.54, 1.807) is 11.0 Å². The number of aromatic nitrogens is 3. The van der Waals surface area contributed by atoms with Crippen LogP contribution >= 0.6 is 0 Å². The van der Waals surface area contributed by atoms with Crippen molar-refractivity contribution in [2.75, 3.05) is 0 Å². The SMILES string of the molecule is C1=Cn2ncnc2C1. The molecule has 0 amide bonds. The molecule has 0 N–H and O–H groups in total. The molecule has 0 bridgehead atoms. The maximum absolute atomic E-state index is 3.99. The molecule has 40 valence electrons. The Morgan fingerprint density at radius 2 is 2.62 bits per heavy atom. The smallest absolute Gasteiger partial charge is 0.138 e. The van der Waals surface area contributed by atoms with Gasteiger partial charge in [0, 0.05) is 12.6 Å². The summed E-state index contributed by atoms with van der Waals surface area (Å²) in [7, 11) is 0. The first-order chi connectivity index (χ1) is 3.97. The molecule has 0 radical (unpaired) electrons. The van der Waals surface area contributed by atoms with E-state index in [9.17, 15) is 0 Å². The number of hydrogen-bond acceptors (Lipinski definition) is 2. The molecule has 0 aliphatic carbocycles. The van der Waals surface area contributed by atoms with Crippen LogP contribution in [0, 0.1) is 0 Å². The van der Waals surface area contributed by atoms with Crippen molar-refractivity contribution in [2.45, 2.75) is 6.42 Å². The minimum atomic E-state index is 0.931. The van der Waals surface area contributed by atoms with Crippen molar-refractivity contribution in [1.29, 1.82) is 0 Å². The summed E-state index contributed by atoms with van der Waals surface area (Å²) in [5.41, 5.74) is 0. The van der Waals surface area contributed by atoms with Gasteiger partial charge in [0.1, 0.15) is 12.2 Å². The minimum Gasteiger partial charge on any atom is -0.225 e. The van der Waals surface area contributed by atoms with Crippen molar-refractivity contribution < 1.29 is 0 Å². The van der Waals surface area contributed by atoms with Crippen molar-refractivity contribution in [3.05, 3.63) is 18.2 Å². The first-order valence-corrected chi connectivity index (χ1v) is 2.52. The highest BCUT2D eigenvalue weighted by Crippen LogP contribution is 2.03. The van der Waals surface area contributed by atoms with Gasteiger partial charge in [0.05, 0.1) is 0 Å². The fraction of sp³-hybridized carbons (Fsp3) is 0.200. The zero-order valence-electron chi connectivity index (χ0n) is 4.28. The monoisotopic (exact) mass is 107 g/mol. The zero-order chi connectivity index (χ0) is 5.40. The summed E-state index contributed by atoms with van der Waals surface area (Å²) in [5.74, 6) is 1.03. The number of nitrogens with zero attached hydrogens (tertiary/aromatic N) is 3. The highest BCUT2D eigenvalue weighted by molar-refractivity contribution is 5.29. The van der Waals surface area contributed by atoms with Gasteiger partial charge in [0.15, 0.2) is 0 Å². The average Bonchev–Trinajstić information content (AvgIpc) is 2.15. The predicted molar refractivity (Wildman–Crippen MR) is 29.1 cm³/mol. The minimum absolute atomic E-state index is 0.931. The van der Waals surface area contributed by atoms with E-state index in [4.69, 9.17) is 0 Å². The van der Waals surface area contributed by atoms with Crippen molar-refractivity contribution in [1.82, 2.24) is 14.8 Å². The molecule has 2 rings (SSSR count). The molecule has 0 spiro atoms. The number of fused-ring (bicyclic) bond motifs is 1. The quantitative estimate of drug-likeness (QED) is 0.477. The second-order valence-electron chi connectivity index (χ2n) is 1.71. The van der Waals surface area contributed by atoms with E-state index in [1.165, 1.54) is 0 Å². The topological polar surface area (TPSA) is 30.7 Å². The Hall–Kier alpha value is -1.12. The van der Waals surface area contributed by atoms with Crippen LogP contribution in [0.4, 0.5) is 0 Å².